The molecule has 0 aromatic heterocycles. The Balaban J connectivity index is 1.61. The molecule has 1 fully saturated rings. The zero-order valence-corrected chi connectivity index (χ0v) is 18.8. The lowest BCUT2D eigenvalue weighted by molar-refractivity contribution is -0.174. The van der Waals surface area contributed by atoms with Crippen molar-refractivity contribution in [2.75, 3.05) is 4.90 Å². The van der Waals surface area contributed by atoms with Crippen LogP contribution < -0.4 is 4.90 Å². The number of aromatic hydroxyl groups is 1. The molecule has 3 aromatic carbocycles. The van der Waals surface area contributed by atoms with E-state index >= 15 is 0 Å². The number of carbonyl (C=O) groups is 2. The van der Waals surface area contributed by atoms with Crippen LogP contribution in [0.1, 0.15) is 38.2 Å². The predicted molar refractivity (Wildman–Crippen MR) is 129 cm³/mol. The average molecular weight is 444 g/mol. The Labute approximate surface area is 194 Å². The van der Waals surface area contributed by atoms with Gasteiger partial charge in [-0.1, -0.05) is 61.9 Å². The van der Waals surface area contributed by atoms with Gasteiger partial charge in [-0.15, -0.1) is 0 Å². The first-order valence-corrected chi connectivity index (χ1v) is 11.4. The van der Waals surface area contributed by atoms with E-state index in [1.165, 1.54) is 0 Å². The van der Waals surface area contributed by atoms with E-state index in [1.54, 1.807) is 17.0 Å². The molecule has 170 valence electrons. The first-order valence-electron chi connectivity index (χ1n) is 11.4. The molecule has 0 radical (unpaired) electrons. The number of cyclic esters (lactones) is 1. The standard InChI is InChI=1S/C28H29NO4/c1-2-18-28(19-17-21-13-15-24(30)16-14-21)20-25(31)26(27(32)33-28)29(22-9-5-3-6-10-22)23-11-7-4-8-12-23/h3-16,26,30H,2,17-20H2,1H3. The first-order chi connectivity index (χ1) is 16.0. The summed E-state index contributed by atoms with van der Waals surface area (Å²) in [5.74, 6) is -0.415. The van der Waals surface area contributed by atoms with Crippen LogP contribution in [0.15, 0.2) is 84.9 Å². The van der Waals surface area contributed by atoms with Gasteiger partial charge in [-0.25, -0.2) is 4.79 Å². The van der Waals surface area contributed by atoms with Gasteiger partial charge >= 0.3 is 5.97 Å². The van der Waals surface area contributed by atoms with Crippen molar-refractivity contribution in [2.24, 2.45) is 0 Å². The summed E-state index contributed by atoms with van der Waals surface area (Å²) >= 11 is 0. The van der Waals surface area contributed by atoms with Crippen LogP contribution in [0, 0.1) is 0 Å². The van der Waals surface area contributed by atoms with Crippen molar-refractivity contribution in [3.8, 4) is 5.75 Å². The maximum absolute atomic E-state index is 13.6. The molecule has 4 rings (SSSR count). The van der Waals surface area contributed by atoms with Crippen molar-refractivity contribution in [2.45, 2.75) is 50.7 Å². The molecule has 1 N–H and O–H groups in total. The summed E-state index contributed by atoms with van der Waals surface area (Å²) in [5.41, 5.74) is 1.76. The second-order valence-electron chi connectivity index (χ2n) is 8.61. The molecule has 5 nitrogen and oxygen atoms in total. The Kier molecular flexibility index (Phi) is 6.78. The molecule has 0 saturated carbocycles. The monoisotopic (exact) mass is 443 g/mol. The Bertz CT molecular complexity index is 1020. The van der Waals surface area contributed by atoms with E-state index in [4.69, 9.17) is 4.74 Å². The third-order valence-electron chi connectivity index (χ3n) is 6.18. The van der Waals surface area contributed by atoms with Crippen LogP contribution >= 0.6 is 0 Å². The molecular formula is C28H29NO4. The number of benzene rings is 3. The summed E-state index contributed by atoms with van der Waals surface area (Å²) in [6.07, 6.45) is 2.85. The molecule has 0 aliphatic carbocycles. The summed E-state index contributed by atoms with van der Waals surface area (Å²) in [4.78, 5) is 28.8. The van der Waals surface area contributed by atoms with Gasteiger partial charge < -0.3 is 14.7 Å². The number of para-hydroxylation sites is 2. The van der Waals surface area contributed by atoms with Crippen molar-refractivity contribution >= 4 is 23.1 Å². The van der Waals surface area contributed by atoms with Gasteiger partial charge in [-0.2, -0.15) is 0 Å². The third-order valence-corrected chi connectivity index (χ3v) is 6.18. The molecule has 1 saturated heterocycles. The van der Waals surface area contributed by atoms with Crippen LogP contribution in [-0.2, 0) is 20.7 Å². The number of hydrogen-bond acceptors (Lipinski definition) is 5. The van der Waals surface area contributed by atoms with Gasteiger partial charge in [0.15, 0.2) is 11.8 Å². The van der Waals surface area contributed by atoms with Gasteiger partial charge in [0.1, 0.15) is 11.4 Å². The molecule has 2 unspecified atom stereocenters. The van der Waals surface area contributed by atoms with E-state index in [9.17, 15) is 14.7 Å². The number of ether oxygens (including phenoxy) is 1. The normalized spacial score (nSPS) is 20.3. The molecule has 33 heavy (non-hydrogen) atoms. The van der Waals surface area contributed by atoms with E-state index in [0.29, 0.717) is 19.3 Å². The average Bonchev–Trinajstić information content (AvgIpc) is 2.82. The van der Waals surface area contributed by atoms with Crippen LogP contribution in [0.5, 0.6) is 5.75 Å². The van der Waals surface area contributed by atoms with Crippen molar-refractivity contribution in [1.29, 1.82) is 0 Å². The lowest BCUT2D eigenvalue weighted by Crippen LogP contribution is -2.56. The Morgan fingerprint density at radius 2 is 1.45 bits per heavy atom. The van der Waals surface area contributed by atoms with E-state index in [0.717, 1.165) is 23.4 Å². The lowest BCUT2D eigenvalue weighted by Gasteiger charge is -2.42. The first kappa shape index (κ1) is 22.6. The SMILES string of the molecule is CCCC1(CCc2ccc(O)cc2)CC(=O)C(N(c2ccccc2)c2ccccc2)C(=O)O1. The Morgan fingerprint density at radius 3 is 1.97 bits per heavy atom. The largest absolute Gasteiger partial charge is 0.508 e. The zero-order chi connectivity index (χ0) is 23.3. The molecule has 0 bridgehead atoms. The minimum absolute atomic E-state index is 0.127. The van der Waals surface area contributed by atoms with Crippen LogP contribution in [0.2, 0.25) is 0 Å². The highest BCUT2D eigenvalue weighted by Gasteiger charge is 2.48. The summed E-state index contributed by atoms with van der Waals surface area (Å²) in [6.45, 7) is 2.03. The second-order valence-corrected chi connectivity index (χ2v) is 8.61. The highest BCUT2D eigenvalue weighted by molar-refractivity contribution is 6.09. The number of hydrogen-bond donors (Lipinski definition) is 1. The topological polar surface area (TPSA) is 66.8 Å². The molecule has 0 amide bonds. The number of phenolic OH excluding ortho intramolecular Hbond substituents is 1. The fourth-order valence-corrected chi connectivity index (χ4v) is 4.62. The minimum atomic E-state index is -1.02. The molecule has 1 heterocycles. The van der Waals surface area contributed by atoms with Crippen LogP contribution in [0.3, 0.4) is 0 Å². The Morgan fingerprint density at radius 1 is 0.879 bits per heavy atom. The van der Waals surface area contributed by atoms with Gasteiger partial charge in [0, 0.05) is 17.8 Å². The molecular weight excluding hydrogens is 414 g/mol. The number of rotatable bonds is 8. The maximum atomic E-state index is 13.6. The number of anilines is 2. The summed E-state index contributed by atoms with van der Waals surface area (Å²) < 4.78 is 6.12. The molecule has 1 aliphatic heterocycles. The highest BCUT2D eigenvalue weighted by Crippen LogP contribution is 2.38. The third kappa shape index (κ3) is 5.08. The minimum Gasteiger partial charge on any atom is -0.508 e. The van der Waals surface area contributed by atoms with Crippen molar-refractivity contribution in [3.05, 3.63) is 90.5 Å². The molecule has 3 aromatic rings. The van der Waals surface area contributed by atoms with Crippen LogP contribution in [0.4, 0.5) is 11.4 Å². The molecule has 0 spiro atoms. The number of aryl methyl sites for hydroxylation is 1. The van der Waals surface area contributed by atoms with E-state index in [2.05, 4.69) is 0 Å². The van der Waals surface area contributed by atoms with E-state index in [-0.39, 0.29) is 18.0 Å². The fourth-order valence-electron chi connectivity index (χ4n) is 4.62. The number of nitrogens with zero attached hydrogens (tertiary/aromatic N) is 1. The van der Waals surface area contributed by atoms with Gasteiger partial charge in [0.2, 0.25) is 0 Å². The van der Waals surface area contributed by atoms with E-state index < -0.39 is 17.6 Å². The smallest absolute Gasteiger partial charge is 0.337 e. The van der Waals surface area contributed by atoms with Gasteiger partial charge in [0.25, 0.3) is 0 Å². The summed E-state index contributed by atoms with van der Waals surface area (Å²) in [6, 6.07) is 24.9. The van der Waals surface area contributed by atoms with Crippen molar-refractivity contribution in [3.63, 3.8) is 0 Å². The predicted octanol–water partition coefficient (Wildman–Crippen LogP) is 5.59. The number of Topliss-reactive ketones (excluding diaryl/α,β-unsaturated/α-hetero) is 1. The van der Waals surface area contributed by atoms with Crippen molar-refractivity contribution in [1.82, 2.24) is 0 Å². The fraction of sp³-hybridized carbons (Fsp3) is 0.286. The number of esters is 1. The van der Waals surface area contributed by atoms with E-state index in [1.807, 2.05) is 79.7 Å². The summed E-state index contributed by atoms with van der Waals surface area (Å²) in [7, 11) is 0. The van der Waals surface area contributed by atoms with Gasteiger partial charge in [-0.05, 0) is 61.2 Å². The molecule has 1 aliphatic rings. The molecule has 2 atom stereocenters. The summed E-state index contributed by atoms with van der Waals surface area (Å²) in [5, 5.41) is 9.53. The lowest BCUT2D eigenvalue weighted by atomic mass is 9.81. The second kappa shape index (κ2) is 9.90. The van der Waals surface area contributed by atoms with Gasteiger partial charge in [-0.3, -0.25) is 4.79 Å². The quantitative estimate of drug-likeness (QED) is 0.363. The van der Waals surface area contributed by atoms with Gasteiger partial charge in [0.05, 0.1) is 0 Å². The number of phenols is 1. The maximum Gasteiger partial charge on any atom is 0.337 e. The van der Waals surface area contributed by atoms with Crippen molar-refractivity contribution < 1.29 is 19.4 Å². The highest BCUT2D eigenvalue weighted by atomic mass is 16.6. The molecule has 5 heteroatoms. The van der Waals surface area contributed by atoms with Crippen LogP contribution in [-0.4, -0.2) is 28.5 Å². The zero-order valence-electron chi connectivity index (χ0n) is 18.8. The number of carbonyl (C=O) groups excluding carboxylic acids is 2. The Hall–Kier alpha value is -3.60. The number of ketones is 1. The van der Waals surface area contributed by atoms with Crippen LogP contribution in [0.25, 0.3) is 0 Å².